The Kier molecular flexibility index (Phi) is 3.12. The van der Waals surface area contributed by atoms with E-state index in [-0.39, 0.29) is 0 Å². The highest BCUT2D eigenvalue weighted by Crippen LogP contribution is 2.19. The fourth-order valence-corrected chi connectivity index (χ4v) is 1.68. The second-order valence-electron chi connectivity index (χ2n) is 2.79. The first-order valence-corrected chi connectivity index (χ1v) is 4.71. The van der Waals surface area contributed by atoms with Gasteiger partial charge in [0, 0.05) is 6.54 Å². The zero-order valence-corrected chi connectivity index (χ0v) is 8.26. The second-order valence-corrected chi connectivity index (χ2v) is 3.64. The minimum Gasteiger partial charge on any atom is -0.383 e. The number of dihydropyridines is 1. The molecule has 2 N–H and O–H groups in total. The molecule has 0 aliphatic carbocycles. The van der Waals surface area contributed by atoms with Gasteiger partial charge in [0.1, 0.15) is 5.84 Å². The first-order valence-electron chi connectivity index (χ1n) is 3.91. The van der Waals surface area contributed by atoms with E-state index >= 15 is 0 Å². The lowest BCUT2D eigenvalue weighted by atomic mass is 10.0. The van der Waals surface area contributed by atoms with Gasteiger partial charge >= 0.3 is 0 Å². The number of hydrogen-bond acceptors (Lipinski definition) is 2. The van der Waals surface area contributed by atoms with Gasteiger partial charge in [-0.1, -0.05) is 19.4 Å². The summed E-state index contributed by atoms with van der Waals surface area (Å²) in [6.45, 7) is 3.04. The smallest absolute Gasteiger partial charge is 0.132 e. The largest absolute Gasteiger partial charge is 0.383 e. The molecule has 0 bridgehead atoms. The monoisotopic (exact) mass is 216 g/mol. The van der Waals surface area contributed by atoms with E-state index in [2.05, 4.69) is 33.9 Å². The van der Waals surface area contributed by atoms with Crippen molar-refractivity contribution >= 4 is 21.8 Å². The first kappa shape index (κ1) is 8.78. The molecule has 1 unspecified atom stereocenters. The SMILES string of the molecule is CCCC1C=C(Br)C(N)=NC1. The topological polar surface area (TPSA) is 38.4 Å². The molecule has 1 atom stereocenters. The molecule has 0 amide bonds. The predicted molar refractivity (Wildman–Crippen MR) is 51.9 cm³/mol. The molecule has 0 saturated carbocycles. The lowest BCUT2D eigenvalue weighted by Gasteiger charge is -2.14. The van der Waals surface area contributed by atoms with Crippen molar-refractivity contribution in [2.45, 2.75) is 19.8 Å². The van der Waals surface area contributed by atoms with Gasteiger partial charge in [-0.15, -0.1) is 0 Å². The van der Waals surface area contributed by atoms with Crippen molar-refractivity contribution in [3.63, 3.8) is 0 Å². The van der Waals surface area contributed by atoms with Crippen molar-refractivity contribution < 1.29 is 0 Å². The average molecular weight is 217 g/mol. The molecule has 62 valence electrons. The molecule has 0 fully saturated rings. The Balaban J connectivity index is 2.54. The third kappa shape index (κ3) is 2.33. The van der Waals surface area contributed by atoms with Crippen molar-refractivity contribution in [2.24, 2.45) is 16.6 Å². The maximum atomic E-state index is 5.57. The quantitative estimate of drug-likeness (QED) is 0.755. The number of rotatable bonds is 2. The maximum absolute atomic E-state index is 5.57. The van der Waals surface area contributed by atoms with E-state index in [0.717, 1.165) is 11.0 Å². The number of nitrogens with zero attached hydrogens (tertiary/aromatic N) is 1. The molecule has 0 aromatic rings. The van der Waals surface area contributed by atoms with Crippen LogP contribution in [-0.2, 0) is 0 Å². The summed E-state index contributed by atoms with van der Waals surface area (Å²) in [4.78, 5) is 4.19. The molecule has 1 heterocycles. The number of halogens is 1. The summed E-state index contributed by atoms with van der Waals surface area (Å²) >= 11 is 3.37. The molecule has 0 aromatic heterocycles. The average Bonchev–Trinajstić information content (AvgIpc) is 1.98. The van der Waals surface area contributed by atoms with Crippen LogP contribution in [-0.4, -0.2) is 12.4 Å². The van der Waals surface area contributed by atoms with Crippen LogP contribution in [0.4, 0.5) is 0 Å². The van der Waals surface area contributed by atoms with Crippen LogP contribution in [0.2, 0.25) is 0 Å². The standard InChI is InChI=1S/C8H13BrN2/c1-2-3-6-4-7(9)8(10)11-5-6/h4,6H,2-3,5H2,1H3,(H2,10,11). The van der Waals surface area contributed by atoms with Crippen molar-refractivity contribution in [3.8, 4) is 0 Å². The van der Waals surface area contributed by atoms with E-state index in [0.29, 0.717) is 11.8 Å². The third-order valence-electron chi connectivity index (χ3n) is 1.78. The van der Waals surface area contributed by atoms with E-state index in [1.54, 1.807) is 0 Å². The fourth-order valence-electron chi connectivity index (χ4n) is 1.18. The lowest BCUT2D eigenvalue weighted by molar-refractivity contribution is 0.587. The second kappa shape index (κ2) is 3.90. The Morgan fingerprint density at radius 1 is 1.82 bits per heavy atom. The van der Waals surface area contributed by atoms with Gasteiger partial charge in [0.2, 0.25) is 0 Å². The number of hydrogen-bond donors (Lipinski definition) is 1. The highest BCUT2D eigenvalue weighted by Gasteiger charge is 2.11. The van der Waals surface area contributed by atoms with Crippen LogP contribution >= 0.6 is 15.9 Å². The molecule has 3 heteroatoms. The van der Waals surface area contributed by atoms with Crippen LogP contribution in [0, 0.1) is 5.92 Å². The van der Waals surface area contributed by atoms with Crippen molar-refractivity contribution in [3.05, 3.63) is 10.6 Å². The summed E-state index contributed by atoms with van der Waals surface area (Å²) in [7, 11) is 0. The summed E-state index contributed by atoms with van der Waals surface area (Å²) in [5.74, 6) is 1.22. The van der Waals surface area contributed by atoms with E-state index < -0.39 is 0 Å². The van der Waals surface area contributed by atoms with E-state index in [1.807, 2.05) is 0 Å². The van der Waals surface area contributed by atoms with Crippen LogP contribution in [0.3, 0.4) is 0 Å². The van der Waals surface area contributed by atoms with Crippen molar-refractivity contribution in [1.29, 1.82) is 0 Å². The molecule has 0 aromatic carbocycles. The molecule has 2 nitrogen and oxygen atoms in total. The summed E-state index contributed by atoms with van der Waals surface area (Å²) in [5, 5.41) is 0. The van der Waals surface area contributed by atoms with E-state index in [1.165, 1.54) is 12.8 Å². The van der Waals surface area contributed by atoms with Crippen LogP contribution < -0.4 is 5.73 Å². The van der Waals surface area contributed by atoms with Crippen molar-refractivity contribution in [2.75, 3.05) is 6.54 Å². The molecule has 0 saturated heterocycles. The Morgan fingerprint density at radius 2 is 2.55 bits per heavy atom. The summed E-state index contributed by atoms with van der Waals surface area (Å²) < 4.78 is 0.960. The normalized spacial score (nSPS) is 24.4. The Labute approximate surface area is 75.7 Å². The Morgan fingerprint density at radius 3 is 3.09 bits per heavy atom. The molecule has 0 radical (unpaired) electrons. The minimum absolute atomic E-state index is 0.585. The molecule has 11 heavy (non-hydrogen) atoms. The fraction of sp³-hybridized carbons (Fsp3) is 0.625. The summed E-state index contributed by atoms with van der Waals surface area (Å²) in [6, 6.07) is 0. The van der Waals surface area contributed by atoms with Crippen LogP contribution in [0.5, 0.6) is 0 Å². The third-order valence-corrected chi connectivity index (χ3v) is 2.45. The highest BCUT2D eigenvalue weighted by atomic mass is 79.9. The van der Waals surface area contributed by atoms with Crippen LogP contribution in [0.1, 0.15) is 19.8 Å². The van der Waals surface area contributed by atoms with Gasteiger partial charge in [-0.25, -0.2) is 0 Å². The van der Waals surface area contributed by atoms with Gasteiger partial charge in [0.25, 0.3) is 0 Å². The van der Waals surface area contributed by atoms with E-state index in [9.17, 15) is 0 Å². The van der Waals surface area contributed by atoms with Gasteiger partial charge in [-0.3, -0.25) is 4.99 Å². The number of amidine groups is 1. The van der Waals surface area contributed by atoms with Gasteiger partial charge in [-0.2, -0.15) is 0 Å². The predicted octanol–water partition coefficient (Wildman–Crippen LogP) is 2.05. The van der Waals surface area contributed by atoms with Gasteiger partial charge < -0.3 is 5.73 Å². The van der Waals surface area contributed by atoms with E-state index in [4.69, 9.17) is 5.73 Å². The first-order chi connectivity index (χ1) is 5.24. The summed E-state index contributed by atoms with van der Waals surface area (Å²) in [5.41, 5.74) is 5.57. The molecule has 1 aliphatic heterocycles. The number of aliphatic imine (C=N–C) groups is 1. The minimum atomic E-state index is 0.585. The Bertz CT molecular complexity index is 196. The molecular formula is C8H13BrN2. The summed E-state index contributed by atoms with van der Waals surface area (Å²) in [6.07, 6.45) is 4.56. The van der Waals surface area contributed by atoms with Gasteiger partial charge in [0.15, 0.2) is 0 Å². The van der Waals surface area contributed by atoms with Gasteiger partial charge in [-0.05, 0) is 28.3 Å². The Hall–Kier alpha value is -0.310. The lowest BCUT2D eigenvalue weighted by Crippen LogP contribution is -2.19. The van der Waals surface area contributed by atoms with Crippen LogP contribution in [0.25, 0.3) is 0 Å². The zero-order valence-electron chi connectivity index (χ0n) is 6.68. The maximum Gasteiger partial charge on any atom is 0.132 e. The van der Waals surface area contributed by atoms with Crippen LogP contribution in [0.15, 0.2) is 15.6 Å². The molecule has 1 aliphatic rings. The molecule has 1 rings (SSSR count). The highest BCUT2D eigenvalue weighted by molar-refractivity contribution is 9.12. The molecule has 0 spiro atoms. The zero-order chi connectivity index (χ0) is 8.27. The number of nitrogens with two attached hydrogens (primary N) is 1. The van der Waals surface area contributed by atoms with Crippen molar-refractivity contribution in [1.82, 2.24) is 0 Å². The van der Waals surface area contributed by atoms with Gasteiger partial charge in [0.05, 0.1) is 4.48 Å². The molecular weight excluding hydrogens is 204 g/mol.